The van der Waals surface area contributed by atoms with Crippen LogP contribution in [0.15, 0.2) is 11.6 Å². The van der Waals surface area contributed by atoms with Crippen molar-refractivity contribution < 1.29 is 29.0 Å². The van der Waals surface area contributed by atoms with E-state index in [1.807, 2.05) is 6.92 Å². The number of carbonyl (C=O) groups excluding carboxylic acids is 4. The Morgan fingerprint density at radius 2 is 1.90 bits per heavy atom. The molecule has 1 N–H and O–H groups in total. The van der Waals surface area contributed by atoms with Gasteiger partial charge in [0.2, 0.25) is 5.78 Å². The predicted molar refractivity (Wildman–Crippen MR) is 104 cm³/mol. The van der Waals surface area contributed by atoms with Gasteiger partial charge in [0.25, 0.3) is 0 Å². The smallest absolute Gasteiger partial charge is 0.303 e. The molecule has 0 aromatic rings. The number of ether oxygens (including phenoxy) is 1. The highest BCUT2D eigenvalue weighted by molar-refractivity contribution is 5.95. The maximum absolute atomic E-state index is 13.5. The Labute approximate surface area is 171 Å². The molecule has 0 amide bonds. The average molecular weight is 402 g/mol. The molecule has 2 unspecified atom stereocenters. The second-order valence-corrected chi connectivity index (χ2v) is 10.0. The largest absolute Gasteiger partial charge is 0.458 e. The van der Waals surface area contributed by atoms with Crippen LogP contribution in [0.1, 0.15) is 65.7 Å². The molecule has 6 heteroatoms. The van der Waals surface area contributed by atoms with E-state index in [4.69, 9.17) is 4.74 Å². The molecule has 0 radical (unpaired) electrons. The van der Waals surface area contributed by atoms with Crippen LogP contribution < -0.4 is 0 Å². The first-order valence-electron chi connectivity index (χ1n) is 10.7. The summed E-state index contributed by atoms with van der Waals surface area (Å²) >= 11 is 0. The van der Waals surface area contributed by atoms with Gasteiger partial charge in [0.05, 0.1) is 0 Å². The molecule has 6 nitrogen and oxygen atoms in total. The monoisotopic (exact) mass is 402 g/mol. The number of hydrogen-bond acceptors (Lipinski definition) is 6. The van der Waals surface area contributed by atoms with Crippen molar-refractivity contribution in [1.82, 2.24) is 0 Å². The highest BCUT2D eigenvalue weighted by Crippen LogP contribution is 2.66. The number of aliphatic hydroxyl groups is 1. The quantitative estimate of drug-likeness (QED) is 0.729. The van der Waals surface area contributed by atoms with E-state index in [1.165, 1.54) is 6.92 Å². The molecule has 4 aliphatic rings. The first-order valence-corrected chi connectivity index (χ1v) is 10.7. The van der Waals surface area contributed by atoms with E-state index in [0.29, 0.717) is 25.7 Å². The summed E-state index contributed by atoms with van der Waals surface area (Å²) in [5, 5.41) is 11.4. The summed E-state index contributed by atoms with van der Waals surface area (Å²) in [5.74, 6) is -0.811. The molecule has 29 heavy (non-hydrogen) atoms. The fourth-order valence-electron chi connectivity index (χ4n) is 7.13. The number of rotatable bonds is 3. The number of ketones is 3. The third-order valence-electron chi connectivity index (χ3n) is 8.67. The summed E-state index contributed by atoms with van der Waals surface area (Å²) in [6.07, 6.45) is 5.66. The van der Waals surface area contributed by atoms with Gasteiger partial charge in [0.15, 0.2) is 12.4 Å². The highest BCUT2D eigenvalue weighted by Gasteiger charge is 2.68. The zero-order chi connectivity index (χ0) is 21.2. The lowest BCUT2D eigenvalue weighted by molar-refractivity contribution is -0.173. The van der Waals surface area contributed by atoms with Crippen LogP contribution in [0.25, 0.3) is 0 Å². The van der Waals surface area contributed by atoms with Crippen molar-refractivity contribution in [2.75, 3.05) is 6.61 Å². The molecule has 4 rings (SSSR count). The van der Waals surface area contributed by atoms with Gasteiger partial charge >= 0.3 is 5.97 Å². The fourth-order valence-corrected chi connectivity index (χ4v) is 7.13. The first-order chi connectivity index (χ1) is 13.5. The van der Waals surface area contributed by atoms with Crippen LogP contribution in [0.3, 0.4) is 0 Å². The molecule has 0 aromatic carbocycles. The van der Waals surface area contributed by atoms with Gasteiger partial charge in [0, 0.05) is 31.1 Å². The maximum atomic E-state index is 13.5. The van der Waals surface area contributed by atoms with Crippen molar-refractivity contribution in [3.05, 3.63) is 11.6 Å². The van der Waals surface area contributed by atoms with Crippen LogP contribution in [-0.2, 0) is 23.9 Å². The molecule has 6 atom stereocenters. The summed E-state index contributed by atoms with van der Waals surface area (Å²) in [6.45, 7) is 4.76. The molecule has 0 aliphatic heterocycles. The molecular weight excluding hydrogens is 372 g/mol. The Morgan fingerprint density at radius 1 is 1.17 bits per heavy atom. The Hall–Kier alpha value is -1.82. The number of Topliss-reactive ketones (excluding diaryl/α,β-unsaturated/α-hetero) is 2. The molecule has 3 fully saturated rings. The SMILES string of the molecule is CC(=O)OCC(=O)[C@@]1(O)CC[C@H]2[C@@H]3CCC4=CC(=O)CCC4(C)[C@H]3C(=O)CC21C. The van der Waals surface area contributed by atoms with Crippen LogP contribution in [-0.4, -0.2) is 40.6 Å². The van der Waals surface area contributed by atoms with Crippen molar-refractivity contribution in [3.8, 4) is 0 Å². The van der Waals surface area contributed by atoms with E-state index in [-0.39, 0.29) is 41.2 Å². The van der Waals surface area contributed by atoms with Crippen molar-refractivity contribution in [3.63, 3.8) is 0 Å². The minimum absolute atomic E-state index is 0.0625. The molecule has 0 aromatic heterocycles. The van der Waals surface area contributed by atoms with Gasteiger partial charge in [-0.25, -0.2) is 0 Å². The molecule has 4 aliphatic carbocycles. The lowest BCUT2D eigenvalue weighted by Crippen LogP contribution is -2.61. The van der Waals surface area contributed by atoms with Gasteiger partial charge in [-0.1, -0.05) is 19.4 Å². The minimum atomic E-state index is -1.65. The maximum Gasteiger partial charge on any atom is 0.303 e. The van der Waals surface area contributed by atoms with Crippen LogP contribution in [0.5, 0.6) is 0 Å². The molecule has 0 heterocycles. The predicted octanol–water partition coefficient (Wildman–Crippen LogP) is 2.56. The number of fused-ring (bicyclic) bond motifs is 5. The van der Waals surface area contributed by atoms with Crippen LogP contribution in [0.2, 0.25) is 0 Å². The zero-order valence-electron chi connectivity index (χ0n) is 17.5. The third kappa shape index (κ3) is 2.78. The summed E-state index contributed by atoms with van der Waals surface area (Å²) in [6, 6.07) is 0. The van der Waals surface area contributed by atoms with Crippen LogP contribution >= 0.6 is 0 Å². The lowest BCUT2D eigenvalue weighted by Gasteiger charge is -2.57. The number of hydrogen-bond donors (Lipinski definition) is 1. The lowest BCUT2D eigenvalue weighted by atomic mass is 9.46. The van der Waals surface area contributed by atoms with E-state index >= 15 is 0 Å². The van der Waals surface area contributed by atoms with Crippen molar-refractivity contribution >= 4 is 23.3 Å². The zero-order valence-corrected chi connectivity index (χ0v) is 17.5. The molecular formula is C23H30O6. The Kier molecular flexibility index (Phi) is 4.65. The van der Waals surface area contributed by atoms with E-state index in [2.05, 4.69) is 6.92 Å². The standard InChI is InChI=1S/C23H30O6/c1-13(24)29-12-19(27)23(28)9-7-17-16-5-4-14-10-15(25)6-8-21(14,2)20(16)18(26)11-22(17,23)3/h10,16-17,20,28H,4-9,11-12H2,1-3H3/t16-,17-,20+,21?,22?,23-/m0/s1. The first kappa shape index (κ1) is 20.5. The Balaban J connectivity index is 1.66. The summed E-state index contributed by atoms with van der Waals surface area (Å²) in [4.78, 5) is 49.4. The molecule has 0 bridgehead atoms. The van der Waals surface area contributed by atoms with Crippen LogP contribution in [0, 0.1) is 28.6 Å². The molecule has 0 saturated heterocycles. The van der Waals surface area contributed by atoms with E-state index in [9.17, 15) is 24.3 Å². The van der Waals surface area contributed by atoms with E-state index in [1.54, 1.807) is 6.08 Å². The van der Waals surface area contributed by atoms with Crippen molar-refractivity contribution in [1.29, 1.82) is 0 Å². The second-order valence-electron chi connectivity index (χ2n) is 10.0. The van der Waals surface area contributed by atoms with Gasteiger partial charge in [-0.3, -0.25) is 19.2 Å². The van der Waals surface area contributed by atoms with Crippen LogP contribution in [0.4, 0.5) is 0 Å². The minimum Gasteiger partial charge on any atom is -0.458 e. The Morgan fingerprint density at radius 3 is 2.59 bits per heavy atom. The number of esters is 1. The van der Waals surface area contributed by atoms with Gasteiger partial charge in [-0.05, 0) is 55.4 Å². The summed E-state index contributed by atoms with van der Waals surface area (Å²) in [7, 11) is 0. The van der Waals surface area contributed by atoms with Gasteiger partial charge in [0.1, 0.15) is 11.4 Å². The molecule has 0 spiro atoms. The molecule has 3 saturated carbocycles. The van der Waals surface area contributed by atoms with Gasteiger partial charge in [-0.2, -0.15) is 0 Å². The van der Waals surface area contributed by atoms with Gasteiger partial charge in [-0.15, -0.1) is 0 Å². The summed E-state index contributed by atoms with van der Waals surface area (Å²) in [5.41, 5.74) is -1.68. The van der Waals surface area contributed by atoms with E-state index in [0.717, 1.165) is 18.4 Å². The van der Waals surface area contributed by atoms with Crippen molar-refractivity contribution in [2.24, 2.45) is 28.6 Å². The Bertz CT molecular complexity index is 827. The topological polar surface area (TPSA) is 97.7 Å². The third-order valence-corrected chi connectivity index (χ3v) is 8.67. The number of carbonyl (C=O) groups is 4. The van der Waals surface area contributed by atoms with E-state index < -0.39 is 29.4 Å². The number of allylic oxidation sites excluding steroid dienone is 1. The normalized spacial score (nSPS) is 43.7. The average Bonchev–Trinajstić information content (AvgIpc) is 2.91. The fraction of sp³-hybridized carbons (Fsp3) is 0.739. The second kappa shape index (κ2) is 6.59. The highest BCUT2D eigenvalue weighted by atomic mass is 16.5. The summed E-state index contributed by atoms with van der Waals surface area (Å²) < 4.78 is 4.86. The van der Waals surface area contributed by atoms with Gasteiger partial charge < -0.3 is 9.84 Å². The van der Waals surface area contributed by atoms with Crippen molar-refractivity contribution in [2.45, 2.75) is 71.3 Å². The molecule has 158 valence electrons.